The van der Waals surface area contributed by atoms with Crippen molar-refractivity contribution < 1.29 is 0 Å². The molecule has 2 rings (SSSR count). The maximum Gasteiger partial charge on any atom is 0.0845 e. The Morgan fingerprint density at radius 1 is 1.40 bits per heavy atom. The van der Waals surface area contributed by atoms with Gasteiger partial charge in [0.05, 0.1) is 15.4 Å². The van der Waals surface area contributed by atoms with Crippen LogP contribution in [0, 0.1) is 3.70 Å². The first-order chi connectivity index (χ1) is 4.88. The molecule has 0 saturated carbocycles. The molecule has 0 radical (unpaired) electrons. The van der Waals surface area contributed by atoms with Gasteiger partial charge in [0.1, 0.15) is 0 Å². The third kappa shape index (κ3) is 0.811. The van der Waals surface area contributed by atoms with Crippen LogP contribution in [0.3, 0.4) is 0 Å². The van der Waals surface area contributed by atoms with Crippen LogP contribution in [0.25, 0.3) is 5.52 Å². The Balaban J connectivity index is 2.93. The second-order valence-corrected chi connectivity index (χ2v) is 3.13. The summed E-state index contributed by atoms with van der Waals surface area (Å²) in [5, 5.41) is 0. The molecule has 0 saturated heterocycles. The Kier molecular flexibility index (Phi) is 1.37. The first-order valence-electron chi connectivity index (χ1n) is 2.94. The monoisotopic (exact) mass is 244 g/mol. The van der Waals surface area contributed by atoms with Gasteiger partial charge in [-0.1, -0.05) is 0 Å². The zero-order chi connectivity index (χ0) is 6.97. The van der Waals surface area contributed by atoms with E-state index in [2.05, 4.69) is 44.1 Å². The van der Waals surface area contributed by atoms with E-state index in [0.717, 1.165) is 5.52 Å². The third-order valence-electron chi connectivity index (χ3n) is 1.41. The van der Waals surface area contributed by atoms with Gasteiger partial charge in [0.15, 0.2) is 0 Å². The molecular weight excluding hydrogens is 239 g/mol. The van der Waals surface area contributed by atoms with E-state index in [4.69, 9.17) is 0 Å². The van der Waals surface area contributed by atoms with Crippen molar-refractivity contribution in [3.63, 3.8) is 0 Å². The molecule has 0 fully saturated rings. The molecule has 2 heterocycles. The minimum absolute atomic E-state index is 1.15. The van der Waals surface area contributed by atoms with E-state index in [1.54, 1.807) is 6.20 Å². The van der Waals surface area contributed by atoms with Gasteiger partial charge in [-0.3, -0.25) is 4.98 Å². The van der Waals surface area contributed by atoms with Gasteiger partial charge < -0.3 is 4.40 Å². The number of hydrogen-bond donors (Lipinski definition) is 0. The maximum atomic E-state index is 4.00. The lowest BCUT2D eigenvalue weighted by Crippen LogP contribution is -1.84. The average molecular weight is 244 g/mol. The van der Waals surface area contributed by atoms with Crippen LogP contribution in [0.4, 0.5) is 0 Å². The van der Waals surface area contributed by atoms with Gasteiger partial charge >= 0.3 is 0 Å². The highest BCUT2D eigenvalue weighted by molar-refractivity contribution is 14.1. The third-order valence-corrected chi connectivity index (χ3v) is 2.29. The van der Waals surface area contributed by atoms with E-state index in [9.17, 15) is 0 Å². The molecule has 2 nitrogen and oxygen atoms in total. The van der Waals surface area contributed by atoms with Crippen molar-refractivity contribution in [1.29, 1.82) is 0 Å². The predicted octanol–water partition coefficient (Wildman–Crippen LogP) is 1.94. The van der Waals surface area contributed by atoms with E-state index in [1.165, 1.54) is 3.70 Å². The fourth-order valence-electron chi connectivity index (χ4n) is 0.925. The van der Waals surface area contributed by atoms with Gasteiger partial charge in [-0.2, -0.15) is 0 Å². The Morgan fingerprint density at radius 3 is 3.10 bits per heavy atom. The lowest BCUT2D eigenvalue weighted by atomic mass is 10.5. The Labute approximate surface area is 72.0 Å². The van der Waals surface area contributed by atoms with E-state index in [-0.39, 0.29) is 0 Å². The molecule has 0 bridgehead atoms. The topological polar surface area (TPSA) is 17.3 Å². The summed E-state index contributed by atoms with van der Waals surface area (Å²) in [6.45, 7) is 0. The summed E-state index contributed by atoms with van der Waals surface area (Å²) in [4.78, 5) is 4.00. The predicted molar refractivity (Wildman–Crippen MR) is 47.9 cm³/mol. The van der Waals surface area contributed by atoms with Crippen molar-refractivity contribution in [1.82, 2.24) is 9.38 Å². The fraction of sp³-hybridized carbons (Fsp3) is 0. The molecule has 0 aliphatic heterocycles. The van der Waals surface area contributed by atoms with Crippen LogP contribution in [0.1, 0.15) is 0 Å². The van der Waals surface area contributed by atoms with E-state index < -0.39 is 0 Å². The van der Waals surface area contributed by atoms with Gasteiger partial charge in [-0.25, -0.2) is 0 Å². The minimum Gasteiger partial charge on any atom is -0.309 e. The van der Waals surface area contributed by atoms with Gasteiger partial charge in [0, 0.05) is 12.4 Å². The lowest BCUT2D eigenvalue weighted by Gasteiger charge is -1.91. The molecule has 0 amide bonds. The highest BCUT2D eigenvalue weighted by Crippen LogP contribution is 2.09. The number of aromatic nitrogens is 2. The smallest absolute Gasteiger partial charge is 0.0845 e. The molecule has 0 aliphatic carbocycles. The molecule has 0 spiro atoms. The van der Waals surface area contributed by atoms with Crippen LogP contribution in [0.15, 0.2) is 30.7 Å². The Hall–Kier alpha value is -0.580. The molecular formula is C7H5IN2. The fourth-order valence-corrected chi connectivity index (χ4v) is 1.54. The molecule has 10 heavy (non-hydrogen) atoms. The summed E-state index contributed by atoms with van der Waals surface area (Å²) in [7, 11) is 0. The first kappa shape index (κ1) is 6.15. The minimum atomic E-state index is 1.15. The second-order valence-electron chi connectivity index (χ2n) is 2.03. The molecule has 0 aliphatic rings. The molecule has 0 unspecified atom stereocenters. The zero-order valence-electron chi connectivity index (χ0n) is 5.16. The van der Waals surface area contributed by atoms with E-state index in [0.29, 0.717) is 0 Å². The first-order valence-corrected chi connectivity index (χ1v) is 4.02. The molecule has 50 valence electrons. The van der Waals surface area contributed by atoms with Crippen molar-refractivity contribution in [2.75, 3.05) is 0 Å². The summed E-state index contributed by atoms with van der Waals surface area (Å²) in [5.74, 6) is 0. The van der Waals surface area contributed by atoms with Crippen molar-refractivity contribution >= 4 is 28.1 Å². The second kappa shape index (κ2) is 2.23. The summed E-state index contributed by atoms with van der Waals surface area (Å²) in [5.41, 5.74) is 1.15. The molecule has 2 aromatic rings. The summed E-state index contributed by atoms with van der Waals surface area (Å²) >= 11 is 2.29. The normalized spacial score (nSPS) is 10.5. The number of nitrogens with zero attached hydrogens (tertiary/aromatic N) is 2. The van der Waals surface area contributed by atoms with Crippen LogP contribution >= 0.6 is 22.6 Å². The lowest BCUT2D eigenvalue weighted by molar-refractivity contribution is 1.11. The summed E-state index contributed by atoms with van der Waals surface area (Å²) in [6, 6.07) is 4.12. The Morgan fingerprint density at radius 2 is 2.30 bits per heavy atom. The van der Waals surface area contributed by atoms with Crippen molar-refractivity contribution in [3.8, 4) is 0 Å². The maximum absolute atomic E-state index is 4.00. The van der Waals surface area contributed by atoms with Crippen molar-refractivity contribution in [2.24, 2.45) is 0 Å². The van der Waals surface area contributed by atoms with Gasteiger partial charge in [0.25, 0.3) is 0 Å². The molecule has 0 aromatic carbocycles. The van der Waals surface area contributed by atoms with Gasteiger partial charge in [-0.15, -0.1) is 0 Å². The molecule has 3 heteroatoms. The zero-order valence-corrected chi connectivity index (χ0v) is 7.32. The quantitative estimate of drug-likeness (QED) is 0.647. The number of fused-ring (bicyclic) bond motifs is 1. The highest BCUT2D eigenvalue weighted by atomic mass is 127. The molecule has 2 aromatic heterocycles. The largest absolute Gasteiger partial charge is 0.309 e. The van der Waals surface area contributed by atoms with Gasteiger partial charge in [-0.05, 0) is 34.7 Å². The standard InChI is InChI=1S/C7H5IN2/c8-7-2-1-6-5-9-3-4-10(6)7/h1-5H. The van der Waals surface area contributed by atoms with Gasteiger partial charge in [0.2, 0.25) is 0 Å². The van der Waals surface area contributed by atoms with Crippen LogP contribution in [-0.4, -0.2) is 9.38 Å². The van der Waals surface area contributed by atoms with E-state index in [1.807, 2.05) is 12.4 Å². The van der Waals surface area contributed by atoms with Crippen molar-refractivity contribution in [2.45, 2.75) is 0 Å². The number of hydrogen-bond acceptors (Lipinski definition) is 1. The summed E-state index contributed by atoms with van der Waals surface area (Å²) < 4.78 is 3.31. The summed E-state index contributed by atoms with van der Waals surface area (Å²) in [6.07, 6.45) is 5.59. The molecule has 0 N–H and O–H groups in total. The van der Waals surface area contributed by atoms with E-state index >= 15 is 0 Å². The molecule has 0 atom stereocenters. The van der Waals surface area contributed by atoms with Crippen molar-refractivity contribution in [3.05, 3.63) is 34.4 Å². The van der Waals surface area contributed by atoms with Crippen LogP contribution in [0.5, 0.6) is 0 Å². The van der Waals surface area contributed by atoms with Crippen LogP contribution in [0.2, 0.25) is 0 Å². The Bertz CT molecular complexity index is 353. The highest BCUT2D eigenvalue weighted by Gasteiger charge is 1.93. The van der Waals surface area contributed by atoms with Crippen LogP contribution < -0.4 is 0 Å². The SMILES string of the molecule is Ic1ccc2cnccn12. The number of rotatable bonds is 0. The average Bonchev–Trinajstić information content (AvgIpc) is 2.34. The van der Waals surface area contributed by atoms with Crippen LogP contribution in [-0.2, 0) is 0 Å². The number of halogens is 1.